The maximum atomic E-state index is 6.01. The van der Waals surface area contributed by atoms with Crippen LogP contribution in [0, 0.1) is 4.64 Å². The lowest BCUT2D eigenvalue weighted by atomic mass is 10.0. The summed E-state index contributed by atoms with van der Waals surface area (Å²) < 4.78 is 0.526. The van der Waals surface area contributed by atoms with Gasteiger partial charge in [0, 0.05) is 28.4 Å². The van der Waals surface area contributed by atoms with Gasteiger partial charge in [-0.3, -0.25) is 5.10 Å². The van der Waals surface area contributed by atoms with Crippen molar-refractivity contribution in [2.24, 2.45) is 0 Å². The molecule has 1 aromatic carbocycles. The molecule has 0 amide bonds. The summed E-state index contributed by atoms with van der Waals surface area (Å²) in [6.45, 7) is 0. The highest BCUT2D eigenvalue weighted by atomic mass is 32.1. The van der Waals surface area contributed by atoms with E-state index in [0.717, 1.165) is 22.0 Å². The molecular formula is C13H10N4S. The van der Waals surface area contributed by atoms with E-state index < -0.39 is 0 Å². The van der Waals surface area contributed by atoms with Crippen molar-refractivity contribution in [1.29, 1.82) is 0 Å². The minimum Gasteiger partial charge on any atom is -0.398 e. The van der Waals surface area contributed by atoms with Crippen LogP contribution in [0.4, 0.5) is 5.69 Å². The first kappa shape index (κ1) is 10.9. The SMILES string of the molecule is Nc1ccccc1-c1cc(=S)ncc2cn[nH]c12. The van der Waals surface area contributed by atoms with E-state index in [1.807, 2.05) is 30.3 Å². The smallest absolute Gasteiger partial charge is 0.126 e. The highest BCUT2D eigenvalue weighted by Crippen LogP contribution is 2.29. The molecule has 3 rings (SSSR count). The number of aromatic amines is 1. The van der Waals surface area contributed by atoms with Gasteiger partial charge in [-0.05, 0) is 12.1 Å². The Labute approximate surface area is 108 Å². The molecule has 0 aliphatic heterocycles. The summed E-state index contributed by atoms with van der Waals surface area (Å²) >= 11 is 5.18. The highest BCUT2D eigenvalue weighted by molar-refractivity contribution is 7.71. The van der Waals surface area contributed by atoms with Crippen molar-refractivity contribution >= 4 is 28.8 Å². The van der Waals surface area contributed by atoms with E-state index in [2.05, 4.69) is 15.2 Å². The van der Waals surface area contributed by atoms with Gasteiger partial charge in [-0.25, -0.2) is 4.98 Å². The maximum absolute atomic E-state index is 6.01. The molecule has 0 fully saturated rings. The lowest BCUT2D eigenvalue weighted by Gasteiger charge is -2.04. The molecule has 4 nitrogen and oxygen atoms in total. The number of hydrogen-bond donors (Lipinski definition) is 2. The van der Waals surface area contributed by atoms with Crippen molar-refractivity contribution in [2.45, 2.75) is 0 Å². The normalized spacial score (nSPS) is 10.7. The topological polar surface area (TPSA) is 67.6 Å². The molecule has 0 unspecified atom stereocenters. The van der Waals surface area contributed by atoms with Crippen molar-refractivity contribution in [3.05, 3.63) is 47.4 Å². The van der Waals surface area contributed by atoms with Crippen LogP contribution in [-0.4, -0.2) is 15.2 Å². The zero-order valence-electron chi connectivity index (χ0n) is 9.42. The van der Waals surface area contributed by atoms with Gasteiger partial charge >= 0.3 is 0 Å². The average molecular weight is 254 g/mol. The summed E-state index contributed by atoms with van der Waals surface area (Å²) in [4.78, 5) is 4.17. The van der Waals surface area contributed by atoms with Crippen molar-refractivity contribution in [3.63, 3.8) is 0 Å². The number of nitrogen functional groups attached to an aromatic ring is 1. The zero-order chi connectivity index (χ0) is 12.5. The molecule has 0 aliphatic rings. The van der Waals surface area contributed by atoms with E-state index >= 15 is 0 Å². The maximum Gasteiger partial charge on any atom is 0.126 e. The van der Waals surface area contributed by atoms with Crippen LogP contribution in [0.3, 0.4) is 0 Å². The average Bonchev–Trinajstić information content (AvgIpc) is 2.77. The predicted octanol–water partition coefficient (Wildman–Crippen LogP) is 2.94. The third-order valence-electron chi connectivity index (χ3n) is 2.79. The number of para-hydroxylation sites is 1. The molecule has 0 atom stereocenters. The fraction of sp³-hybridized carbons (Fsp3) is 0. The second-order valence-corrected chi connectivity index (χ2v) is 4.36. The van der Waals surface area contributed by atoms with Gasteiger partial charge in [0.2, 0.25) is 0 Å². The van der Waals surface area contributed by atoms with Gasteiger partial charge in [-0.15, -0.1) is 0 Å². The van der Waals surface area contributed by atoms with Crippen LogP contribution in [0.5, 0.6) is 0 Å². The van der Waals surface area contributed by atoms with E-state index in [-0.39, 0.29) is 0 Å². The van der Waals surface area contributed by atoms with E-state index in [1.165, 1.54) is 0 Å². The van der Waals surface area contributed by atoms with Gasteiger partial charge in [0.25, 0.3) is 0 Å². The number of rotatable bonds is 1. The van der Waals surface area contributed by atoms with E-state index in [1.54, 1.807) is 12.4 Å². The molecule has 3 aromatic rings. The van der Waals surface area contributed by atoms with E-state index in [4.69, 9.17) is 18.0 Å². The van der Waals surface area contributed by atoms with Crippen LogP contribution in [-0.2, 0) is 0 Å². The molecule has 0 saturated carbocycles. The summed E-state index contributed by atoms with van der Waals surface area (Å²) in [7, 11) is 0. The van der Waals surface area contributed by atoms with Crippen molar-refractivity contribution in [3.8, 4) is 11.1 Å². The van der Waals surface area contributed by atoms with Crippen LogP contribution in [0.25, 0.3) is 22.0 Å². The minimum absolute atomic E-state index is 0.526. The van der Waals surface area contributed by atoms with E-state index in [0.29, 0.717) is 10.3 Å². The number of hydrogen-bond acceptors (Lipinski definition) is 4. The Morgan fingerprint density at radius 2 is 1.94 bits per heavy atom. The van der Waals surface area contributed by atoms with Gasteiger partial charge in [-0.1, -0.05) is 30.4 Å². The molecule has 5 heteroatoms. The number of aromatic nitrogens is 3. The molecule has 0 aliphatic carbocycles. The largest absolute Gasteiger partial charge is 0.398 e. The Morgan fingerprint density at radius 3 is 2.78 bits per heavy atom. The molecule has 2 aromatic heterocycles. The number of benzene rings is 1. The van der Waals surface area contributed by atoms with Crippen molar-refractivity contribution in [1.82, 2.24) is 15.2 Å². The van der Waals surface area contributed by atoms with Gasteiger partial charge in [0.1, 0.15) is 4.64 Å². The fourth-order valence-electron chi connectivity index (χ4n) is 1.93. The number of H-pyrrole nitrogens is 1. The number of anilines is 1. The lowest BCUT2D eigenvalue weighted by Crippen LogP contribution is -1.89. The van der Waals surface area contributed by atoms with E-state index in [9.17, 15) is 0 Å². The molecule has 88 valence electrons. The predicted molar refractivity (Wildman–Crippen MR) is 74.6 cm³/mol. The van der Waals surface area contributed by atoms with Gasteiger partial charge in [0.15, 0.2) is 0 Å². The van der Waals surface area contributed by atoms with Crippen LogP contribution in [0.2, 0.25) is 0 Å². The molecule has 0 bridgehead atoms. The second kappa shape index (κ2) is 4.19. The number of nitrogens with two attached hydrogens (primary N) is 1. The van der Waals surface area contributed by atoms with Crippen molar-refractivity contribution < 1.29 is 0 Å². The molecule has 0 spiro atoms. The third kappa shape index (κ3) is 1.74. The summed E-state index contributed by atoms with van der Waals surface area (Å²) in [5.41, 5.74) is 9.45. The Morgan fingerprint density at radius 1 is 1.11 bits per heavy atom. The standard InChI is InChI=1S/C13H10N4S/c14-11-4-2-1-3-9(11)10-5-12(18)15-6-8-7-16-17-13(8)10/h1-7H,14H2,(H,16,17). The first-order valence-corrected chi connectivity index (χ1v) is 5.85. The fourth-order valence-corrected chi connectivity index (χ4v) is 2.10. The second-order valence-electron chi connectivity index (χ2n) is 3.94. The van der Waals surface area contributed by atoms with Gasteiger partial charge in [0.05, 0.1) is 11.7 Å². The number of nitrogens with zero attached hydrogens (tertiary/aromatic N) is 2. The third-order valence-corrected chi connectivity index (χ3v) is 3.01. The zero-order valence-corrected chi connectivity index (χ0v) is 10.2. The van der Waals surface area contributed by atoms with Gasteiger partial charge < -0.3 is 5.73 Å². The minimum atomic E-state index is 0.526. The summed E-state index contributed by atoms with van der Waals surface area (Å²) in [5, 5.41) is 7.91. The first-order valence-electron chi connectivity index (χ1n) is 5.44. The monoisotopic (exact) mass is 254 g/mol. The highest BCUT2D eigenvalue weighted by Gasteiger charge is 2.07. The Kier molecular flexibility index (Phi) is 2.53. The first-order chi connectivity index (χ1) is 8.75. The van der Waals surface area contributed by atoms with Crippen molar-refractivity contribution in [2.75, 3.05) is 5.73 Å². The summed E-state index contributed by atoms with van der Waals surface area (Å²) in [5.74, 6) is 0. The lowest BCUT2D eigenvalue weighted by molar-refractivity contribution is 1.12. The van der Waals surface area contributed by atoms with Gasteiger partial charge in [-0.2, -0.15) is 5.10 Å². The summed E-state index contributed by atoms with van der Waals surface area (Å²) in [6, 6.07) is 9.50. The van der Waals surface area contributed by atoms with Crippen LogP contribution in [0.15, 0.2) is 42.7 Å². The molecule has 18 heavy (non-hydrogen) atoms. The van der Waals surface area contributed by atoms with Crippen LogP contribution < -0.4 is 5.73 Å². The number of fused-ring (bicyclic) bond motifs is 1. The quantitative estimate of drug-likeness (QED) is 0.517. The molecule has 0 saturated heterocycles. The van der Waals surface area contributed by atoms with Crippen LogP contribution >= 0.6 is 12.2 Å². The van der Waals surface area contributed by atoms with Crippen LogP contribution in [0.1, 0.15) is 0 Å². The Bertz CT molecular complexity index is 779. The molecule has 3 N–H and O–H groups in total. The molecule has 2 heterocycles. The molecule has 0 radical (unpaired) electrons. The number of nitrogens with one attached hydrogen (secondary N) is 1. The molecular weight excluding hydrogens is 244 g/mol. The summed E-state index contributed by atoms with van der Waals surface area (Å²) in [6.07, 6.45) is 3.43. The Hall–Kier alpha value is -2.27. The Balaban J connectivity index is 2.46.